The Bertz CT molecular complexity index is 698. The normalized spacial score (nSPS) is 20.9. The molecule has 0 aromatic carbocycles. The Balaban J connectivity index is 2.05. The zero-order chi connectivity index (χ0) is 17.9. The summed E-state index contributed by atoms with van der Waals surface area (Å²) in [5.41, 5.74) is 0.233. The van der Waals surface area contributed by atoms with Crippen LogP contribution in [0.4, 0.5) is 0 Å². The van der Waals surface area contributed by atoms with E-state index in [1.54, 1.807) is 17.9 Å². The average Bonchev–Trinajstić information content (AvgIpc) is 2.53. The molecule has 0 aliphatic carbocycles. The molecule has 1 amide bonds. The molecule has 1 aliphatic rings. The molecule has 7 nitrogen and oxygen atoms in total. The van der Waals surface area contributed by atoms with Crippen molar-refractivity contribution in [2.45, 2.75) is 53.0 Å². The number of nitrogens with zero attached hydrogens (tertiary/aromatic N) is 3. The van der Waals surface area contributed by atoms with Crippen LogP contribution in [0.3, 0.4) is 0 Å². The van der Waals surface area contributed by atoms with Gasteiger partial charge < -0.3 is 10.0 Å². The van der Waals surface area contributed by atoms with Crippen LogP contribution in [0.25, 0.3) is 0 Å². The first-order valence-electron chi connectivity index (χ1n) is 8.35. The van der Waals surface area contributed by atoms with E-state index in [0.29, 0.717) is 31.5 Å². The quantitative estimate of drug-likeness (QED) is 0.877. The predicted octanol–water partition coefficient (Wildman–Crippen LogP) is 1.35. The monoisotopic (exact) mass is 335 g/mol. The molecule has 1 aliphatic heterocycles. The van der Waals surface area contributed by atoms with Crippen molar-refractivity contribution in [1.82, 2.24) is 14.5 Å². The van der Waals surface area contributed by atoms with Crippen LogP contribution in [0.1, 0.15) is 44.0 Å². The summed E-state index contributed by atoms with van der Waals surface area (Å²) in [6, 6.07) is 1.80. The number of carboxylic acid groups (broad SMARTS) is 1. The SMILES string of the molecule is CC[C@]1(C(=O)O)CCCN(C(=O)CCn2c(C)cc(C)nc2=O)C1. The highest BCUT2D eigenvalue weighted by atomic mass is 16.4. The van der Waals surface area contributed by atoms with E-state index in [9.17, 15) is 19.5 Å². The fourth-order valence-electron chi connectivity index (χ4n) is 3.37. The van der Waals surface area contributed by atoms with Gasteiger partial charge in [0.25, 0.3) is 0 Å². The van der Waals surface area contributed by atoms with Crippen molar-refractivity contribution in [3.05, 3.63) is 27.9 Å². The topological polar surface area (TPSA) is 92.5 Å². The van der Waals surface area contributed by atoms with Gasteiger partial charge in [0.1, 0.15) is 0 Å². The molecule has 1 aromatic rings. The average molecular weight is 335 g/mol. The summed E-state index contributed by atoms with van der Waals surface area (Å²) in [7, 11) is 0. The molecule has 0 spiro atoms. The second-order valence-electron chi connectivity index (χ2n) is 6.58. The molecule has 24 heavy (non-hydrogen) atoms. The lowest BCUT2D eigenvalue weighted by molar-refractivity contribution is -0.155. The summed E-state index contributed by atoms with van der Waals surface area (Å²) in [5.74, 6) is -0.946. The van der Waals surface area contributed by atoms with Gasteiger partial charge in [0.15, 0.2) is 0 Å². The Labute approximate surface area is 141 Å². The van der Waals surface area contributed by atoms with Crippen molar-refractivity contribution < 1.29 is 14.7 Å². The Morgan fingerprint density at radius 3 is 2.67 bits per heavy atom. The minimum atomic E-state index is -0.841. The minimum absolute atomic E-state index is 0.111. The van der Waals surface area contributed by atoms with Crippen molar-refractivity contribution in [3.63, 3.8) is 0 Å². The Morgan fingerprint density at radius 2 is 2.08 bits per heavy atom. The molecule has 1 fully saturated rings. The Kier molecular flexibility index (Phi) is 5.41. The van der Waals surface area contributed by atoms with Gasteiger partial charge in [0.2, 0.25) is 5.91 Å². The fourth-order valence-corrected chi connectivity index (χ4v) is 3.37. The number of carbonyl (C=O) groups excluding carboxylic acids is 1. The summed E-state index contributed by atoms with van der Waals surface area (Å²) < 4.78 is 1.49. The number of amides is 1. The number of aryl methyl sites for hydroxylation is 2. The highest BCUT2D eigenvalue weighted by molar-refractivity contribution is 5.79. The predicted molar refractivity (Wildman–Crippen MR) is 88.8 cm³/mol. The van der Waals surface area contributed by atoms with E-state index >= 15 is 0 Å². The van der Waals surface area contributed by atoms with Gasteiger partial charge in [0, 0.05) is 37.4 Å². The molecule has 2 rings (SSSR count). The van der Waals surface area contributed by atoms with Crippen molar-refractivity contribution in [2.24, 2.45) is 5.41 Å². The molecule has 0 unspecified atom stereocenters. The summed E-state index contributed by atoms with van der Waals surface area (Å²) >= 11 is 0. The third kappa shape index (κ3) is 3.66. The smallest absolute Gasteiger partial charge is 0.347 e. The van der Waals surface area contributed by atoms with Crippen LogP contribution in [0.5, 0.6) is 0 Å². The number of hydrogen-bond acceptors (Lipinski definition) is 4. The molecule has 0 saturated carbocycles. The van der Waals surface area contributed by atoms with Gasteiger partial charge in [-0.15, -0.1) is 0 Å². The van der Waals surface area contributed by atoms with Crippen LogP contribution in [-0.4, -0.2) is 44.5 Å². The van der Waals surface area contributed by atoms with E-state index in [4.69, 9.17) is 0 Å². The van der Waals surface area contributed by atoms with Crippen LogP contribution < -0.4 is 5.69 Å². The highest BCUT2D eigenvalue weighted by Crippen LogP contribution is 2.33. The maximum Gasteiger partial charge on any atom is 0.347 e. The number of hydrogen-bond donors (Lipinski definition) is 1. The van der Waals surface area contributed by atoms with Crippen molar-refractivity contribution in [3.8, 4) is 0 Å². The van der Waals surface area contributed by atoms with E-state index in [2.05, 4.69) is 4.98 Å². The first-order valence-corrected chi connectivity index (χ1v) is 8.35. The maximum absolute atomic E-state index is 12.5. The summed E-state index contributed by atoms with van der Waals surface area (Å²) in [6.45, 7) is 6.51. The van der Waals surface area contributed by atoms with Crippen molar-refractivity contribution >= 4 is 11.9 Å². The summed E-state index contributed by atoms with van der Waals surface area (Å²) in [4.78, 5) is 41.5. The van der Waals surface area contributed by atoms with Crippen LogP contribution in [0, 0.1) is 19.3 Å². The van der Waals surface area contributed by atoms with Gasteiger partial charge in [-0.05, 0) is 39.2 Å². The van der Waals surface area contributed by atoms with Crippen molar-refractivity contribution in [2.75, 3.05) is 13.1 Å². The summed E-state index contributed by atoms with van der Waals surface area (Å²) in [6.07, 6.45) is 1.97. The first kappa shape index (κ1) is 18.2. The number of aliphatic carboxylic acids is 1. The molecule has 0 radical (unpaired) electrons. The number of rotatable bonds is 5. The third-order valence-electron chi connectivity index (χ3n) is 4.96. The zero-order valence-electron chi connectivity index (χ0n) is 14.5. The third-order valence-corrected chi connectivity index (χ3v) is 4.96. The van der Waals surface area contributed by atoms with Crippen LogP contribution in [-0.2, 0) is 16.1 Å². The van der Waals surface area contributed by atoms with E-state index in [-0.39, 0.29) is 31.1 Å². The number of likely N-dealkylation sites (tertiary alicyclic amines) is 1. The molecular weight excluding hydrogens is 310 g/mol. The number of carboxylic acids is 1. The van der Waals surface area contributed by atoms with Gasteiger partial charge in [-0.2, -0.15) is 4.98 Å². The van der Waals surface area contributed by atoms with Gasteiger partial charge in [-0.1, -0.05) is 6.92 Å². The lowest BCUT2D eigenvalue weighted by atomic mass is 9.77. The van der Waals surface area contributed by atoms with Crippen molar-refractivity contribution in [1.29, 1.82) is 0 Å². The molecule has 1 atom stereocenters. The molecule has 2 heterocycles. The standard InChI is InChI=1S/C17H25N3O4/c1-4-17(15(22)23)7-5-8-19(11-17)14(21)6-9-20-13(3)10-12(2)18-16(20)24/h10H,4-9,11H2,1-3H3,(H,22,23)/t17-/m0/s1. The Hall–Kier alpha value is -2.18. The minimum Gasteiger partial charge on any atom is -0.481 e. The lowest BCUT2D eigenvalue weighted by Crippen LogP contribution is -2.49. The van der Waals surface area contributed by atoms with E-state index in [1.807, 2.05) is 13.8 Å². The number of piperidine rings is 1. The Morgan fingerprint density at radius 1 is 1.38 bits per heavy atom. The maximum atomic E-state index is 12.5. The van der Waals surface area contributed by atoms with Gasteiger partial charge in [-0.3, -0.25) is 14.2 Å². The van der Waals surface area contributed by atoms with E-state index in [0.717, 1.165) is 5.69 Å². The number of carbonyl (C=O) groups is 2. The highest BCUT2D eigenvalue weighted by Gasteiger charge is 2.41. The second kappa shape index (κ2) is 7.15. The molecule has 132 valence electrons. The molecule has 1 N–H and O–H groups in total. The second-order valence-corrected chi connectivity index (χ2v) is 6.58. The van der Waals surface area contributed by atoms with E-state index < -0.39 is 11.4 Å². The molecule has 0 bridgehead atoms. The van der Waals surface area contributed by atoms with Crippen LogP contribution in [0.15, 0.2) is 10.9 Å². The van der Waals surface area contributed by atoms with Gasteiger partial charge in [-0.25, -0.2) is 4.79 Å². The lowest BCUT2D eigenvalue weighted by Gasteiger charge is -2.39. The van der Waals surface area contributed by atoms with Crippen LogP contribution >= 0.6 is 0 Å². The molecule has 7 heteroatoms. The van der Waals surface area contributed by atoms with Gasteiger partial charge in [0.05, 0.1) is 5.41 Å². The molecule has 1 saturated heterocycles. The zero-order valence-corrected chi connectivity index (χ0v) is 14.5. The largest absolute Gasteiger partial charge is 0.481 e. The van der Waals surface area contributed by atoms with Crippen LogP contribution in [0.2, 0.25) is 0 Å². The molecular formula is C17H25N3O4. The fraction of sp³-hybridized carbons (Fsp3) is 0.647. The molecule has 1 aromatic heterocycles. The van der Waals surface area contributed by atoms with E-state index in [1.165, 1.54) is 4.57 Å². The summed E-state index contributed by atoms with van der Waals surface area (Å²) in [5, 5.41) is 9.50. The first-order chi connectivity index (χ1) is 11.3. The number of aromatic nitrogens is 2. The van der Waals surface area contributed by atoms with Gasteiger partial charge >= 0.3 is 11.7 Å².